The molecule has 0 radical (unpaired) electrons. The van der Waals surface area contributed by atoms with Crippen molar-refractivity contribution < 1.29 is 0 Å². The monoisotopic (exact) mass is 268 g/mol. The van der Waals surface area contributed by atoms with Crippen LogP contribution in [0.2, 0.25) is 0 Å². The van der Waals surface area contributed by atoms with Crippen LogP contribution in [0.5, 0.6) is 0 Å². The summed E-state index contributed by atoms with van der Waals surface area (Å²) in [5.74, 6) is 1.78. The normalized spacial score (nSPS) is 27.5. The van der Waals surface area contributed by atoms with E-state index < -0.39 is 0 Å². The van der Waals surface area contributed by atoms with Crippen molar-refractivity contribution in [3.63, 3.8) is 0 Å². The fourth-order valence-corrected chi connectivity index (χ4v) is 3.45. The largest absolute Gasteiger partial charge is 0.313 e. The van der Waals surface area contributed by atoms with Crippen molar-refractivity contribution in [2.24, 2.45) is 11.8 Å². The van der Waals surface area contributed by atoms with Gasteiger partial charge in [0.1, 0.15) is 0 Å². The van der Waals surface area contributed by atoms with Gasteiger partial charge in [-0.05, 0) is 51.1 Å². The van der Waals surface area contributed by atoms with E-state index in [2.05, 4.69) is 45.0 Å². The van der Waals surface area contributed by atoms with E-state index in [-0.39, 0.29) is 0 Å². The van der Waals surface area contributed by atoms with Gasteiger partial charge in [-0.3, -0.25) is 0 Å². The van der Waals surface area contributed by atoms with E-state index in [0.717, 1.165) is 24.4 Å². The van der Waals surface area contributed by atoms with E-state index in [4.69, 9.17) is 0 Å². The van der Waals surface area contributed by atoms with Gasteiger partial charge >= 0.3 is 0 Å². The Hall–Kier alpha value is -0.0800. The maximum absolute atomic E-state index is 3.68. The number of rotatable bonds is 8. The van der Waals surface area contributed by atoms with Crippen LogP contribution < -0.4 is 5.32 Å². The van der Waals surface area contributed by atoms with Crippen LogP contribution in [0.15, 0.2) is 0 Å². The topological polar surface area (TPSA) is 15.3 Å². The molecule has 0 amide bonds. The van der Waals surface area contributed by atoms with E-state index in [1.54, 1.807) is 0 Å². The zero-order chi connectivity index (χ0) is 14.3. The van der Waals surface area contributed by atoms with Crippen LogP contribution >= 0.6 is 0 Å². The quantitative estimate of drug-likeness (QED) is 0.718. The summed E-state index contributed by atoms with van der Waals surface area (Å²) in [5.41, 5.74) is 0. The van der Waals surface area contributed by atoms with Crippen LogP contribution in [0.3, 0.4) is 0 Å². The maximum Gasteiger partial charge on any atom is 0.0220 e. The highest BCUT2D eigenvalue weighted by Crippen LogP contribution is 2.29. The van der Waals surface area contributed by atoms with E-state index >= 15 is 0 Å². The summed E-state index contributed by atoms with van der Waals surface area (Å²) in [6.45, 7) is 11.6. The first-order valence-electron chi connectivity index (χ1n) is 8.55. The lowest BCUT2D eigenvalue weighted by molar-refractivity contribution is 0.139. The first-order chi connectivity index (χ1) is 9.12. The summed E-state index contributed by atoms with van der Waals surface area (Å²) in [5, 5.41) is 3.68. The third-order valence-corrected chi connectivity index (χ3v) is 5.30. The zero-order valence-corrected chi connectivity index (χ0v) is 13.9. The van der Waals surface area contributed by atoms with E-state index in [0.29, 0.717) is 6.04 Å². The van der Waals surface area contributed by atoms with Crippen molar-refractivity contribution in [2.75, 3.05) is 20.1 Å². The summed E-state index contributed by atoms with van der Waals surface area (Å²) >= 11 is 0. The minimum Gasteiger partial charge on any atom is -0.313 e. The van der Waals surface area contributed by atoms with Gasteiger partial charge in [-0.2, -0.15) is 0 Å². The first kappa shape index (κ1) is 17.0. The van der Waals surface area contributed by atoms with Crippen LogP contribution in [0, 0.1) is 11.8 Å². The molecule has 0 aromatic heterocycles. The molecular weight excluding hydrogens is 232 g/mol. The first-order valence-corrected chi connectivity index (χ1v) is 8.55. The number of hydrogen-bond acceptors (Lipinski definition) is 2. The molecule has 1 rings (SSSR count). The van der Waals surface area contributed by atoms with Crippen molar-refractivity contribution in [2.45, 2.75) is 78.3 Å². The lowest BCUT2D eigenvalue weighted by Gasteiger charge is -2.37. The Balaban J connectivity index is 2.41. The third kappa shape index (κ3) is 5.43. The van der Waals surface area contributed by atoms with Gasteiger partial charge in [-0.1, -0.05) is 40.5 Å². The maximum atomic E-state index is 3.68. The number of hydrogen-bond donors (Lipinski definition) is 1. The van der Waals surface area contributed by atoms with Gasteiger partial charge in [-0.15, -0.1) is 0 Å². The minimum absolute atomic E-state index is 0.656. The molecule has 2 nitrogen and oxygen atoms in total. The van der Waals surface area contributed by atoms with Gasteiger partial charge in [-0.25, -0.2) is 0 Å². The van der Waals surface area contributed by atoms with Gasteiger partial charge in [0.2, 0.25) is 0 Å². The van der Waals surface area contributed by atoms with E-state index in [9.17, 15) is 0 Å². The summed E-state index contributed by atoms with van der Waals surface area (Å²) in [6, 6.07) is 1.48. The van der Waals surface area contributed by atoms with Gasteiger partial charge in [0.15, 0.2) is 0 Å². The summed E-state index contributed by atoms with van der Waals surface area (Å²) in [6.07, 6.45) is 8.36. The Labute approximate surface area is 121 Å². The second-order valence-electron chi connectivity index (χ2n) is 6.57. The SMILES string of the molecule is CCNC(CN(C)C1CCC(CC)CC1)C(C)CC. The Kier molecular flexibility index (Phi) is 8.01. The molecule has 1 aliphatic rings. The zero-order valence-electron chi connectivity index (χ0n) is 13.9. The lowest BCUT2D eigenvalue weighted by Crippen LogP contribution is -2.47. The molecule has 114 valence electrons. The molecule has 1 aliphatic carbocycles. The molecule has 19 heavy (non-hydrogen) atoms. The highest BCUT2D eigenvalue weighted by atomic mass is 15.2. The fraction of sp³-hybridized carbons (Fsp3) is 1.00. The Morgan fingerprint density at radius 1 is 1.11 bits per heavy atom. The van der Waals surface area contributed by atoms with Gasteiger partial charge in [0.25, 0.3) is 0 Å². The van der Waals surface area contributed by atoms with Crippen molar-refractivity contribution in [3.8, 4) is 0 Å². The number of nitrogens with one attached hydrogen (secondary N) is 1. The second kappa shape index (κ2) is 8.97. The molecular formula is C17H36N2. The third-order valence-electron chi connectivity index (χ3n) is 5.30. The number of nitrogens with zero attached hydrogens (tertiary/aromatic N) is 1. The molecule has 0 saturated heterocycles. The van der Waals surface area contributed by atoms with Crippen LogP contribution in [0.25, 0.3) is 0 Å². The smallest absolute Gasteiger partial charge is 0.0220 e. The number of likely N-dealkylation sites (N-methyl/N-ethyl adjacent to an activating group) is 2. The Bertz CT molecular complexity index is 221. The van der Waals surface area contributed by atoms with Crippen LogP contribution in [-0.2, 0) is 0 Å². The molecule has 1 N–H and O–H groups in total. The molecule has 0 aromatic rings. The highest BCUT2D eigenvalue weighted by molar-refractivity contribution is 4.82. The van der Waals surface area contributed by atoms with Crippen LogP contribution in [0.1, 0.15) is 66.2 Å². The average molecular weight is 268 g/mol. The van der Waals surface area contributed by atoms with Crippen molar-refractivity contribution in [3.05, 3.63) is 0 Å². The van der Waals surface area contributed by atoms with E-state index in [1.807, 2.05) is 0 Å². The van der Waals surface area contributed by atoms with Crippen molar-refractivity contribution in [1.82, 2.24) is 10.2 Å². The predicted octanol–water partition coefficient (Wildman–Crippen LogP) is 3.91. The Morgan fingerprint density at radius 2 is 1.74 bits per heavy atom. The molecule has 0 aliphatic heterocycles. The molecule has 2 unspecified atom stereocenters. The molecule has 0 aromatic carbocycles. The van der Waals surface area contributed by atoms with Crippen LogP contribution in [0.4, 0.5) is 0 Å². The fourth-order valence-electron chi connectivity index (χ4n) is 3.45. The minimum atomic E-state index is 0.656. The summed E-state index contributed by atoms with van der Waals surface area (Å²) < 4.78 is 0. The molecule has 1 fully saturated rings. The summed E-state index contributed by atoms with van der Waals surface area (Å²) in [7, 11) is 2.34. The molecule has 0 spiro atoms. The molecule has 2 heteroatoms. The second-order valence-corrected chi connectivity index (χ2v) is 6.57. The Morgan fingerprint density at radius 3 is 2.21 bits per heavy atom. The molecule has 0 bridgehead atoms. The van der Waals surface area contributed by atoms with Crippen molar-refractivity contribution >= 4 is 0 Å². The van der Waals surface area contributed by atoms with Gasteiger partial charge in [0.05, 0.1) is 0 Å². The molecule has 2 atom stereocenters. The average Bonchev–Trinajstić information content (AvgIpc) is 2.46. The van der Waals surface area contributed by atoms with Gasteiger partial charge < -0.3 is 10.2 Å². The van der Waals surface area contributed by atoms with Gasteiger partial charge in [0, 0.05) is 18.6 Å². The molecule has 1 saturated carbocycles. The lowest BCUT2D eigenvalue weighted by atomic mass is 9.84. The standard InChI is InChI=1S/C17H36N2/c1-6-14(4)17(18-8-3)13-19(5)16-11-9-15(7-2)10-12-16/h14-18H,6-13H2,1-5H3. The van der Waals surface area contributed by atoms with Crippen LogP contribution in [-0.4, -0.2) is 37.1 Å². The predicted molar refractivity (Wildman–Crippen MR) is 85.6 cm³/mol. The highest BCUT2D eigenvalue weighted by Gasteiger charge is 2.25. The molecule has 0 heterocycles. The summed E-state index contributed by atoms with van der Waals surface area (Å²) in [4.78, 5) is 2.63. The van der Waals surface area contributed by atoms with Crippen molar-refractivity contribution in [1.29, 1.82) is 0 Å². The van der Waals surface area contributed by atoms with E-state index in [1.165, 1.54) is 45.1 Å².